The normalized spacial score (nSPS) is 13.5. The molecule has 0 spiro atoms. The van der Waals surface area contributed by atoms with Crippen molar-refractivity contribution < 1.29 is 4.74 Å². The number of halogens is 2. The van der Waals surface area contributed by atoms with Gasteiger partial charge in [-0.3, -0.25) is 0 Å². The summed E-state index contributed by atoms with van der Waals surface area (Å²) >= 11 is 9.65. The second-order valence-electron chi connectivity index (χ2n) is 6.00. The van der Waals surface area contributed by atoms with E-state index in [0.717, 1.165) is 40.2 Å². The maximum absolute atomic E-state index is 9.13. The lowest BCUT2D eigenvalue weighted by Gasteiger charge is -2.11. The van der Waals surface area contributed by atoms with Crippen LogP contribution >= 0.6 is 27.5 Å². The van der Waals surface area contributed by atoms with E-state index in [-0.39, 0.29) is 0 Å². The van der Waals surface area contributed by atoms with E-state index in [9.17, 15) is 0 Å². The first-order valence-electron chi connectivity index (χ1n) is 9.10. The summed E-state index contributed by atoms with van der Waals surface area (Å²) in [6.45, 7) is 12.1. The van der Waals surface area contributed by atoms with Gasteiger partial charge in [-0.05, 0) is 39.3 Å². The summed E-state index contributed by atoms with van der Waals surface area (Å²) in [6.07, 6.45) is 10.8. The van der Waals surface area contributed by atoms with E-state index in [1.165, 1.54) is 6.08 Å². The molecule has 0 saturated heterocycles. The molecule has 1 heterocycles. The predicted octanol–water partition coefficient (Wildman–Crippen LogP) is 6.71. The van der Waals surface area contributed by atoms with Crippen molar-refractivity contribution in [3.8, 4) is 6.07 Å². The number of allylic oxidation sites excluding steroid dienone is 8. The number of rotatable bonds is 10. The van der Waals surface area contributed by atoms with Gasteiger partial charge in [-0.15, -0.1) is 0 Å². The molecule has 1 aromatic rings. The molecular weight excluding hydrogens is 438 g/mol. The fourth-order valence-corrected chi connectivity index (χ4v) is 3.09. The summed E-state index contributed by atoms with van der Waals surface area (Å²) in [5.41, 5.74) is 4.20. The van der Waals surface area contributed by atoms with Gasteiger partial charge in [-0.25, -0.2) is 4.68 Å². The van der Waals surface area contributed by atoms with Crippen LogP contribution in [-0.4, -0.2) is 15.1 Å². The molecule has 4 nitrogen and oxygen atoms in total. The molecule has 0 amide bonds. The molecule has 28 heavy (non-hydrogen) atoms. The summed E-state index contributed by atoms with van der Waals surface area (Å²) < 4.78 is 7.87. The Morgan fingerprint density at radius 2 is 2.11 bits per heavy atom. The van der Waals surface area contributed by atoms with Crippen molar-refractivity contribution in [2.45, 2.75) is 47.1 Å². The maximum Gasteiger partial charge on any atom is 0.116 e. The van der Waals surface area contributed by atoms with Crippen LogP contribution in [0.5, 0.6) is 0 Å². The van der Waals surface area contributed by atoms with Crippen LogP contribution in [0.15, 0.2) is 53.3 Å². The minimum absolute atomic E-state index is 0.340. The van der Waals surface area contributed by atoms with Crippen molar-refractivity contribution in [1.82, 2.24) is 9.78 Å². The molecule has 0 unspecified atom stereocenters. The Morgan fingerprint density at radius 1 is 1.39 bits per heavy atom. The molecule has 0 bridgehead atoms. The van der Waals surface area contributed by atoms with Crippen LogP contribution in [0.2, 0.25) is 0 Å². The Morgan fingerprint density at radius 3 is 2.64 bits per heavy atom. The summed E-state index contributed by atoms with van der Waals surface area (Å²) in [7, 11) is 0. The van der Waals surface area contributed by atoms with Crippen molar-refractivity contribution in [3.05, 3.63) is 70.3 Å². The topological polar surface area (TPSA) is 50.8 Å². The Balaban J connectivity index is 3.13. The fourth-order valence-electron chi connectivity index (χ4n) is 2.58. The van der Waals surface area contributed by atoms with Crippen LogP contribution in [0.4, 0.5) is 0 Å². The standard InChI is InChI=1S/C22H27BrClN3O/c1-6-18(14-25)22(24)13-19(7-2)27-17(5)21(16(4)26-27)15-28-20(8-3)11-9-10-12-23/h6,8-10,13H,1,7,11-12,15H2,2-5H3/b10-9-,19-13+,20-8+,22-18-. The molecular formula is C22H27BrClN3O. The van der Waals surface area contributed by atoms with Gasteiger partial charge in [0.1, 0.15) is 12.7 Å². The van der Waals surface area contributed by atoms with E-state index in [0.29, 0.717) is 23.6 Å². The Kier molecular flexibility index (Phi) is 10.7. The quantitative estimate of drug-likeness (QED) is 0.127. The Labute approximate surface area is 181 Å². The zero-order chi connectivity index (χ0) is 21.1. The van der Waals surface area contributed by atoms with Crippen molar-refractivity contribution >= 4 is 33.2 Å². The highest BCUT2D eigenvalue weighted by Crippen LogP contribution is 2.24. The lowest BCUT2D eigenvalue weighted by Crippen LogP contribution is -2.02. The van der Waals surface area contributed by atoms with Crippen LogP contribution in [0.3, 0.4) is 0 Å². The fraction of sp³-hybridized carbons (Fsp3) is 0.364. The number of hydrogen-bond donors (Lipinski definition) is 0. The molecule has 1 aromatic heterocycles. The molecule has 0 aliphatic carbocycles. The Bertz CT molecular complexity index is 854. The van der Waals surface area contributed by atoms with Gasteiger partial charge in [0.05, 0.1) is 22.1 Å². The number of alkyl halides is 1. The first-order chi connectivity index (χ1) is 13.4. The molecule has 0 aromatic carbocycles. The second kappa shape index (κ2) is 12.4. The minimum atomic E-state index is 0.340. The van der Waals surface area contributed by atoms with Gasteiger partial charge in [0.25, 0.3) is 0 Å². The molecule has 0 N–H and O–H groups in total. The van der Waals surface area contributed by atoms with Crippen LogP contribution in [0.1, 0.15) is 43.6 Å². The van der Waals surface area contributed by atoms with Crippen LogP contribution in [0, 0.1) is 25.2 Å². The third-order valence-electron chi connectivity index (χ3n) is 4.25. The molecule has 0 aliphatic heterocycles. The van der Waals surface area contributed by atoms with Crippen LogP contribution in [-0.2, 0) is 11.3 Å². The molecule has 0 radical (unpaired) electrons. The first kappa shape index (κ1) is 24.0. The Hall–Kier alpha value is -2.03. The second-order valence-corrected chi connectivity index (χ2v) is 7.06. The molecule has 0 aliphatic rings. The molecule has 0 fully saturated rings. The molecule has 1 rings (SSSR count). The van der Waals surface area contributed by atoms with Gasteiger partial charge < -0.3 is 4.74 Å². The smallest absolute Gasteiger partial charge is 0.116 e. The average Bonchev–Trinajstić information content (AvgIpc) is 2.97. The molecule has 0 atom stereocenters. The summed E-state index contributed by atoms with van der Waals surface area (Å²) in [5, 5.41) is 15.0. The third-order valence-corrected chi connectivity index (χ3v) is 4.94. The number of aromatic nitrogens is 2. The minimum Gasteiger partial charge on any atom is -0.493 e. The number of ether oxygens (including phenoxy) is 1. The molecule has 0 saturated carbocycles. The highest BCUT2D eigenvalue weighted by Gasteiger charge is 2.15. The molecule has 6 heteroatoms. The number of nitriles is 1. The van der Waals surface area contributed by atoms with E-state index in [1.807, 2.05) is 44.5 Å². The first-order valence-corrected chi connectivity index (χ1v) is 10.6. The number of hydrogen-bond acceptors (Lipinski definition) is 3. The van der Waals surface area contributed by atoms with Crippen LogP contribution < -0.4 is 0 Å². The highest BCUT2D eigenvalue weighted by molar-refractivity contribution is 9.09. The lowest BCUT2D eigenvalue weighted by atomic mass is 10.2. The van der Waals surface area contributed by atoms with E-state index in [4.69, 9.17) is 21.6 Å². The van der Waals surface area contributed by atoms with Crippen molar-refractivity contribution in [2.24, 2.45) is 0 Å². The van der Waals surface area contributed by atoms with Gasteiger partial charge in [-0.2, -0.15) is 10.4 Å². The average molecular weight is 465 g/mol. The molecule has 150 valence electrons. The largest absolute Gasteiger partial charge is 0.493 e. The van der Waals surface area contributed by atoms with E-state index >= 15 is 0 Å². The van der Waals surface area contributed by atoms with E-state index < -0.39 is 0 Å². The third kappa shape index (κ3) is 6.54. The van der Waals surface area contributed by atoms with Crippen molar-refractivity contribution in [3.63, 3.8) is 0 Å². The maximum atomic E-state index is 9.13. The summed E-state index contributed by atoms with van der Waals surface area (Å²) in [5.74, 6) is 0.922. The van der Waals surface area contributed by atoms with Crippen LogP contribution in [0.25, 0.3) is 5.70 Å². The van der Waals surface area contributed by atoms with E-state index in [1.54, 1.807) is 6.08 Å². The number of nitrogens with zero attached hydrogens (tertiary/aromatic N) is 3. The number of aryl methyl sites for hydroxylation is 1. The summed E-state index contributed by atoms with van der Waals surface area (Å²) in [6, 6.07) is 2.04. The van der Waals surface area contributed by atoms with Gasteiger partial charge in [0.2, 0.25) is 0 Å². The highest BCUT2D eigenvalue weighted by atomic mass is 79.9. The van der Waals surface area contributed by atoms with Gasteiger partial charge in [-0.1, -0.05) is 59.3 Å². The van der Waals surface area contributed by atoms with E-state index in [2.05, 4.69) is 39.8 Å². The van der Waals surface area contributed by atoms with Gasteiger partial charge >= 0.3 is 0 Å². The predicted molar refractivity (Wildman–Crippen MR) is 121 cm³/mol. The SMILES string of the molecule is C=C/C(C#N)=C(Cl)\C=C(/CC)n1nc(C)c(CO/C(=C/C)C/C=C\CBr)c1C. The van der Waals surface area contributed by atoms with Gasteiger partial charge in [0, 0.05) is 28.7 Å². The van der Waals surface area contributed by atoms with Crippen molar-refractivity contribution in [1.29, 1.82) is 5.26 Å². The lowest BCUT2D eigenvalue weighted by molar-refractivity contribution is 0.192. The monoisotopic (exact) mass is 463 g/mol. The van der Waals surface area contributed by atoms with Gasteiger partial charge in [0.15, 0.2) is 0 Å². The zero-order valence-corrected chi connectivity index (χ0v) is 19.3. The van der Waals surface area contributed by atoms with Crippen molar-refractivity contribution in [2.75, 3.05) is 5.33 Å². The summed E-state index contributed by atoms with van der Waals surface area (Å²) in [4.78, 5) is 0. The zero-order valence-electron chi connectivity index (χ0n) is 16.9.